The minimum Gasteiger partial charge on any atom is -0.491 e. The summed E-state index contributed by atoms with van der Waals surface area (Å²) in [6.07, 6.45) is 1.21. The molecule has 1 heterocycles. The van der Waals surface area contributed by atoms with Crippen molar-refractivity contribution in [3.05, 3.63) is 65.7 Å². The Balaban J connectivity index is 0.00000300. The van der Waals surface area contributed by atoms with E-state index >= 15 is 0 Å². The van der Waals surface area contributed by atoms with Crippen molar-refractivity contribution >= 4 is 29.9 Å². The quantitative estimate of drug-likeness (QED) is 0.344. The second-order valence-corrected chi connectivity index (χ2v) is 7.21. The number of ether oxygens (including phenoxy) is 2. The van der Waals surface area contributed by atoms with Gasteiger partial charge in [-0.2, -0.15) is 0 Å². The van der Waals surface area contributed by atoms with E-state index in [2.05, 4.69) is 52.5 Å². The van der Waals surface area contributed by atoms with Crippen molar-refractivity contribution in [2.75, 3.05) is 40.4 Å². The summed E-state index contributed by atoms with van der Waals surface area (Å²) in [7, 11) is 3.86. The smallest absolute Gasteiger partial charge is 0.193 e. The average Bonchev–Trinajstić information content (AvgIpc) is 3.19. The number of para-hydroxylation sites is 1. The zero-order valence-corrected chi connectivity index (χ0v) is 19.8. The summed E-state index contributed by atoms with van der Waals surface area (Å²) in [5, 5.41) is 3.51. The molecule has 2 atom stereocenters. The summed E-state index contributed by atoms with van der Waals surface area (Å²) in [4.78, 5) is 6.53. The van der Waals surface area contributed by atoms with Gasteiger partial charge >= 0.3 is 0 Å². The number of rotatable bonds is 7. The van der Waals surface area contributed by atoms with Gasteiger partial charge in [-0.3, -0.25) is 4.99 Å². The predicted molar refractivity (Wildman–Crippen MR) is 129 cm³/mol. The van der Waals surface area contributed by atoms with Crippen molar-refractivity contribution in [1.29, 1.82) is 0 Å². The molecule has 0 aromatic heterocycles. The Morgan fingerprint density at radius 3 is 2.62 bits per heavy atom. The fraction of sp³-hybridized carbons (Fsp3) is 0.435. The molecule has 0 bridgehead atoms. The second kappa shape index (κ2) is 12.0. The molecular weight excluding hydrogens is 477 g/mol. The summed E-state index contributed by atoms with van der Waals surface area (Å²) in [6, 6.07) is 18.6. The fourth-order valence-corrected chi connectivity index (χ4v) is 3.58. The van der Waals surface area contributed by atoms with E-state index < -0.39 is 0 Å². The van der Waals surface area contributed by atoms with Gasteiger partial charge in [0.1, 0.15) is 12.4 Å². The zero-order valence-electron chi connectivity index (χ0n) is 17.5. The molecule has 1 fully saturated rings. The highest BCUT2D eigenvalue weighted by atomic mass is 127. The number of hydrogen-bond donors (Lipinski definition) is 1. The molecule has 158 valence electrons. The maximum absolute atomic E-state index is 5.99. The summed E-state index contributed by atoms with van der Waals surface area (Å²) in [5.74, 6) is 2.26. The van der Waals surface area contributed by atoms with Crippen LogP contribution in [0.4, 0.5) is 0 Å². The van der Waals surface area contributed by atoms with Gasteiger partial charge in [0, 0.05) is 33.2 Å². The lowest BCUT2D eigenvalue weighted by molar-refractivity contribution is 0.0913. The highest BCUT2D eigenvalue weighted by molar-refractivity contribution is 14.0. The number of aryl methyl sites for hydroxylation is 1. The normalized spacial score (nSPS) is 18.8. The lowest BCUT2D eigenvalue weighted by Crippen LogP contribution is -2.43. The lowest BCUT2D eigenvalue weighted by Gasteiger charge is -2.25. The molecule has 0 radical (unpaired) electrons. The molecule has 2 aromatic carbocycles. The van der Waals surface area contributed by atoms with Crippen LogP contribution in [0, 0.1) is 12.8 Å². The molecule has 2 aromatic rings. The summed E-state index contributed by atoms with van der Waals surface area (Å²) < 4.78 is 11.9. The predicted octanol–water partition coefficient (Wildman–Crippen LogP) is 4.28. The molecule has 6 heteroatoms. The maximum Gasteiger partial charge on any atom is 0.193 e. The SMILES string of the molecule is CN=C(NCC1CCOC1c1ccccc1)N(C)CCOc1ccccc1C.I. The van der Waals surface area contributed by atoms with Gasteiger partial charge < -0.3 is 19.7 Å². The molecule has 1 N–H and O–H groups in total. The minimum absolute atomic E-state index is 0. The number of nitrogens with zero attached hydrogens (tertiary/aromatic N) is 2. The number of guanidine groups is 1. The van der Waals surface area contributed by atoms with Crippen molar-refractivity contribution in [3.8, 4) is 5.75 Å². The van der Waals surface area contributed by atoms with Crippen molar-refractivity contribution in [3.63, 3.8) is 0 Å². The van der Waals surface area contributed by atoms with E-state index in [-0.39, 0.29) is 30.1 Å². The first-order valence-corrected chi connectivity index (χ1v) is 9.96. The Bertz CT molecular complexity index is 770. The molecule has 0 saturated carbocycles. The van der Waals surface area contributed by atoms with Crippen LogP contribution in [0.15, 0.2) is 59.6 Å². The van der Waals surface area contributed by atoms with Crippen molar-refractivity contribution in [1.82, 2.24) is 10.2 Å². The van der Waals surface area contributed by atoms with E-state index in [1.54, 1.807) is 0 Å². The van der Waals surface area contributed by atoms with E-state index in [1.165, 1.54) is 5.56 Å². The summed E-state index contributed by atoms with van der Waals surface area (Å²) in [6.45, 7) is 5.09. The Kier molecular flexibility index (Phi) is 9.73. The van der Waals surface area contributed by atoms with Crippen LogP contribution in [0.1, 0.15) is 23.7 Å². The maximum atomic E-state index is 5.99. The number of halogens is 1. The highest BCUT2D eigenvalue weighted by Crippen LogP contribution is 2.33. The minimum atomic E-state index is 0. The molecule has 0 amide bonds. The third-order valence-electron chi connectivity index (χ3n) is 5.22. The molecule has 2 unspecified atom stereocenters. The van der Waals surface area contributed by atoms with Gasteiger partial charge in [-0.25, -0.2) is 0 Å². The second-order valence-electron chi connectivity index (χ2n) is 7.21. The standard InChI is InChI=1S/C23H31N3O2.HI/c1-18-9-7-8-12-21(18)27-16-14-26(3)23(24-2)25-17-20-13-15-28-22(20)19-10-5-4-6-11-19;/h4-12,20,22H,13-17H2,1-3H3,(H,24,25);1H. The Labute approximate surface area is 191 Å². The topological polar surface area (TPSA) is 46.1 Å². The van der Waals surface area contributed by atoms with E-state index in [9.17, 15) is 0 Å². The Morgan fingerprint density at radius 1 is 1.17 bits per heavy atom. The van der Waals surface area contributed by atoms with Gasteiger partial charge in [-0.05, 0) is 30.5 Å². The number of benzene rings is 2. The first kappa shape index (κ1) is 23.5. The van der Waals surface area contributed by atoms with Crippen LogP contribution in [-0.2, 0) is 4.74 Å². The molecule has 1 aliphatic heterocycles. The number of likely N-dealkylation sites (N-methyl/N-ethyl adjacent to an activating group) is 1. The third kappa shape index (κ3) is 6.60. The van der Waals surface area contributed by atoms with Crippen LogP contribution < -0.4 is 10.1 Å². The molecule has 5 nitrogen and oxygen atoms in total. The molecular formula is C23H32IN3O2. The van der Waals surface area contributed by atoms with Gasteiger partial charge in [0.2, 0.25) is 0 Å². The highest BCUT2D eigenvalue weighted by Gasteiger charge is 2.29. The Hall–Kier alpha value is -1.80. The van der Waals surface area contributed by atoms with Gasteiger partial charge in [0.05, 0.1) is 12.6 Å². The number of aliphatic imine (C=N–C) groups is 1. The summed E-state index contributed by atoms with van der Waals surface area (Å²) in [5.41, 5.74) is 2.41. The Morgan fingerprint density at radius 2 is 1.90 bits per heavy atom. The van der Waals surface area contributed by atoms with Gasteiger partial charge in [0.15, 0.2) is 5.96 Å². The van der Waals surface area contributed by atoms with E-state index in [4.69, 9.17) is 9.47 Å². The monoisotopic (exact) mass is 509 g/mol. The number of hydrogen-bond acceptors (Lipinski definition) is 3. The van der Waals surface area contributed by atoms with Gasteiger partial charge in [-0.1, -0.05) is 48.5 Å². The molecule has 1 aliphatic rings. The molecule has 0 spiro atoms. The average molecular weight is 509 g/mol. The zero-order chi connectivity index (χ0) is 19.8. The van der Waals surface area contributed by atoms with Crippen LogP contribution in [0.25, 0.3) is 0 Å². The van der Waals surface area contributed by atoms with Gasteiger partial charge in [0.25, 0.3) is 0 Å². The first-order chi connectivity index (χ1) is 13.7. The summed E-state index contributed by atoms with van der Waals surface area (Å²) >= 11 is 0. The molecule has 3 rings (SSSR count). The van der Waals surface area contributed by atoms with Crippen LogP contribution in [0.2, 0.25) is 0 Å². The molecule has 1 saturated heterocycles. The van der Waals surface area contributed by atoms with E-state index in [1.807, 2.05) is 38.4 Å². The van der Waals surface area contributed by atoms with Crippen molar-refractivity contribution < 1.29 is 9.47 Å². The van der Waals surface area contributed by atoms with Crippen LogP contribution >= 0.6 is 24.0 Å². The van der Waals surface area contributed by atoms with Crippen LogP contribution in [0.3, 0.4) is 0 Å². The van der Waals surface area contributed by atoms with E-state index in [0.29, 0.717) is 12.5 Å². The molecule has 0 aliphatic carbocycles. The van der Waals surface area contributed by atoms with Crippen LogP contribution in [-0.4, -0.2) is 51.3 Å². The largest absolute Gasteiger partial charge is 0.491 e. The first-order valence-electron chi connectivity index (χ1n) is 9.96. The lowest BCUT2D eigenvalue weighted by atomic mass is 9.95. The van der Waals surface area contributed by atoms with Crippen molar-refractivity contribution in [2.45, 2.75) is 19.4 Å². The van der Waals surface area contributed by atoms with Crippen LogP contribution in [0.5, 0.6) is 5.75 Å². The van der Waals surface area contributed by atoms with Crippen molar-refractivity contribution in [2.24, 2.45) is 10.9 Å². The van der Waals surface area contributed by atoms with Gasteiger partial charge in [-0.15, -0.1) is 24.0 Å². The molecule has 29 heavy (non-hydrogen) atoms. The van der Waals surface area contributed by atoms with E-state index in [0.717, 1.165) is 43.4 Å². The fourth-order valence-electron chi connectivity index (χ4n) is 3.58. The third-order valence-corrected chi connectivity index (χ3v) is 5.22. The number of nitrogens with one attached hydrogen (secondary N) is 1.